The molecule has 1 fully saturated rings. The molecule has 7 heteroatoms. The average molecular weight is 293 g/mol. The summed E-state index contributed by atoms with van der Waals surface area (Å²) >= 11 is 0. The molecule has 0 saturated heterocycles. The van der Waals surface area contributed by atoms with Crippen molar-refractivity contribution >= 4 is 11.7 Å². The first-order valence-electron chi connectivity index (χ1n) is 7.36. The maximum Gasteiger partial charge on any atom is 0.270 e. The lowest BCUT2D eigenvalue weighted by molar-refractivity contribution is 0.0896. The van der Waals surface area contributed by atoms with Gasteiger partial charge in [-0.1, -0.05) is 31.3 Å². The van der Waals surface area contributed by atoms with Crippen LogP contribution in [0.1, 0.15) is 55.2 Å². The van der Waals surface area contributed by atoms with Gasteiger partial charge in [-0.15, -0.1) is 0 Å². The number of aromatic nitrogens is 2. The molecule has 1 aromatic rings. The zero-order valence-corrected chi connectivity index (χ0v) is 12.6. The molecule has 7 nitrogen and oxygen atoms in total. The number of carbonyl (C=O) groups is 1. The van der Waals surface area contributed by atoms with E-state index in [4.69, 9.17) is 10.9 Å². The topological polar surface area (TPSA) is 106 Å². The first-order chi connectivity index (χ1) is 10.0. The van der Waals surface area contributed by atoms with Crippen LogP contribution in [0.5, 0.6) is 0 Å². The lowest BCUT2D eigenvalue weighted by atomic mass is 9.80. The zero-order valence-electron chi connectivity index (χ0n) is 12.6. The third-order valence-electron chi connectivity index (χ3n) is 4.18. The summed E-state index contributed by atoms with van der Waals surface area (Å²) in [5.41, 5.74) is 6.45. The van der Waals surface area contributed by atoms with Crippen LogP contribution in [0, 0.1) is 0 Å². The summed E-state index contributed by atoms with van der Waals surface area (Å²) in [7, 11) is 1.74. The van der Waals surface area contributed by atoms with Crippen LogP contribution < -0.4 is 11.1 Å². The zero-order chi connectivity index (χ0) is 15.5. The number of nitrogens with one attached hydrogen (secondary N) is 1. The number of rotatable bonds is 4. The largest absolute Gasteiger partial charge is 0.409 e. The van der Waals surface area contributed by atoms with Gasteiger partial charge in [-0.2, -0.15) is 5.10 Å². The van der Waals surface area contributed by atoms with Crippen LogP contribution in [0.3, 0.4) is 0 Å². The highest BCUT2D eigenvalue weighted by Crippen LogP contribution is 2.29. The van der Waals surface area contributed by atoms with Crippen LogP contribution in [-0.2, 0) is 13.5 Å². The summed E-state index contributed by atoms with van der Waals surface area (Å²) in [6.07, 6.45) is 5.14. The Bertz CT molecular complexity index is 544. The summed E-state index contributed by atoms with van der Waals surface area (Å²) in [5.74, 6) is -0.161. The van der Waals surface area contributed by atoms with Crippen molar-refractivity contribution in [2.24, 2.45) is 17.9 Å². The molecule has 1 saturated carbocycles. The normalized spacial score (nSPS) is 18.5. The van der Waals surface area contributed by atoms with Gasteiger partial charge >= 0.3 is 0 Å². The molecular formula is C14H23N5O2. The lowest BCUT2D eigenvalue weighted by Gasteiger charge is -2.36. The van der Waals surface area contributed by atoms with E-state index >= 15 is 0 Å². The van der Waals surface area contributed by atoms with Crippen molar-refractivity contribution in [3.63, 3.8) is 0 Å². The second kappa shape index (κ2) is 6.15. The van der Waals surface area contributed by atoms with E-state index in [0.717, 1.165) is 31.4 Å². The van der Waals surface area contributed by atoms with Gasteiger partial charge in [0.05, 0.1) is 5.69 Å². The first-order valence-corrected chi connectivity index (χ1v) is 7.36. The van der Waals surface area contributed by atoms with Crippen molar-refractivity contribution in [2.45, 2.75) is 51.0 Å². The molecule has 0 aromatic carbocycles. The fraction of sp³-hybridized carbons (Fsp3) is 0.643. The summed E-state index contributed by atoms with van der Waals surface area (Å²) < 4.78 is 1.57. The van der Waals surface area contributed by atoms with Crippen LogP contribution in [0.4, 0.5) is 0 Å². The fourth-order valence-electron chi connectivity index (χ4n) is 2.89. The number of carbonyl (C=O) groups excluding carboxylic acids is 1. The van der Waals surface area contributed by atoms with Crippen LogP contribution >= 0.6 is 0 Å². The number of nitrogens with zero attached hydrogens (tertiary/aromatic N) is 3. The molecule has 1 aliphatic carbocycles. The summed E-state index contributed by atoms with van der Waals surface area (Å²) in [4.78, 5) is 12.5. The number of hydrogen-bond acceptors (Lipinski definition) is 4. The quantitative estimate of drug-likeness (QED) is 0.335. The number of amides is 1. The van der Waals surface area contributed by atoms with Gasteiger partial charge in [0.25, 0.3) is 5.91 Å². The maximum absolute atomic E-state index is 12.5. The van der Waals surface area contributed by atoms with Crippen molar-refractivity contribution < 1.29 is 10.0 Å². The van der Waals surface area contributed by atoms with E-state index in [1.807, 2.05) is 6.92 Å². The predicted octanol–water partition coefficient (Wildman–Crippen LogP) is 1.16. The van der Waals surface area contributed by atoms with Crippen molar-refractivity contribution in [1.29, 1.82) is 0 Å². The minimum atomic E-state index is -0.749. The molecule has 0 aliphatic heterocycles. The van der Waals surface area contributed by atoms with Gasteiger partial charge in [0.2, 0.25) is 0 Å². The highest BCUT2D eigenvalue weighted by molar-refractivity contribution is 5.99. The Labute approximate surface area is 124 Å². The molecule has 1 aliphatic rings. The number of nitrogens with two attached hydrogens (primary N) is 1. The second-order valence-corrected chi connectivity index (χ2v) is 5.58. The minimum absolute atomic E-state index is 0.0773. The van der Waals surface area contributed by atoms with Crippen molar-refractivity contribution in [3.05, 3.63) is 17.5 Å². The van der Waals surface area contributed by atoms with Crippen LogP contribution in [0.25, 0.3) is 0 Å². The van der Waals surface area contributed by atoms with Crippen LogP contribution in [0.2, 0.25) is 0 Å². The van der Waals surface area contributed by atoms with E-state index in [1.54, 1.807) is 17.8 Å². The molecule has 0 atom stereocenters. The van der Waals surface area contributed by atoms with Gasteiger partial charge in [0, 0.05) is 7.05 Å². The van der Waals surface area contributed by atoms with Gasteiger partial charge in [-0.3, -0.25) is 9.48 Å². The Morgan fingerprint density at radius 1 is 1.52 bits per heavy atom. The molecule has 2 rings (SSSR count). The molecule has 0 bridgehead atoms. The summed E-state index contributed by atoms with van der Waals surface area (Å²) in [6.45, 7) is 1.99. The first kappa shape index (κ1) is 15.3. The van der Waals surface area contributed by atoms with E-state index in [9.17, 15) is 4.79 Å². The monoisotopic (exact) mass is 293 g/mol. The number of oxime groups is 1. The fourth-order valence-corrected chi connectivity index (χ4v) is 2.89. The van der Waals surface area contributed by atoms with E-state index in [0.29, 0.717) is 18.5 Å². The Kier molecular flexibility index (Phi) is 4.50. The van der Waals surface area contributed by atoms with E-state index in [2.05, 4.69) is 15.6 Å². The predicted molar refractivity (Wildman–Crippen MR) is 79.3 cm³/mol. The molecular weight excluding hydrogens is 270 g/mol. The number of amidine groups is 1. The molecule has 0 unspecified atom stereocenters. The molecule has 0 spiro atoms. The Hall–Kier alpha value is -2.05. The maximum atomic E-state index is 12.5. The van der Waals surface area contributed by atoms with Gasteiger partial charge in [-0.05, 0) is 25.3 Å². The number of hydrogen-bond donors (Lipinski definition) is 3. The molecule has 1 amide bonds. The van der Waals surface area contributed by atoms with Gasteiger partial charge in [0.15, 0.2) is 5.84 Å². The third-order valence-corrected chi connectivity index (χ3v) is 4.18. The van der Waals surface area contributed by atoms with Crippen LogP contribution in [0.15, 0.2) is 11.2 Å². The van der Waals surface area contributed by atoms with Gasteiger partial charge < -0.3 is 16.3 Å². The Morgan fingerprint density at radius 3 is 2.71 bits per heavy atom. The highest BCUT2D eigenvalue weighted by atomic mass is 16.4. The highest BCUT2D eigenvalue weighted by Gasteiger charge is 2.38. The minimum Gasteiger partial charge on any atom is -0.409 e. The van der Waals surface area contributed by atoms with Gasteiger partial charge in [0.1, 0.15) is 11.2 Å². The van der Waals surface area contributed by atoms with E-state index in [-0.39, 0.29) is 11.7 Å². The van der Waals surface area contributed by atoms with Crippen LogP contribution in [-0.4, -0.2) is 32.3 Å². The standard InChI is InChI=1S/C14H23N5O2/c1-3-10-9-11(19(2)17-10)12(20)16-14(13(15)18-21)7-5-4-6-8-14/h9,21H,3-8H2,1-2H3,(H2,15,18)(H,16,20). The summed E-state index contributed by atoms with van der Waals surface area (Å²) in [5, 5.41) is 19.4. The second-order valence-electron chi connectivity index (χ2n) is 5.58. The molecule has 1 aromatic heterocycles. The van der Waals surface area contributed by atoms with E-state index in [1.165, 1.54) is 0 Å². The third kappa shape index (κ3) is 3.01. The Morgan fingerprint density at radius 2 is 2.19 bits per heavy atom. The molecule has 4 N–H and O–H groups in total. The van der Waals surface area contributed by atoms with Crippen molar-refractivity contribution in [2.75, 3.05) is 0 Å². The smallest absolute Gasteiger partial charge is 0.270 e. The Balaban J connectivity index is 2.23. The van der Waals surface area contributed by atoms with Crippen molar-refractivity contribution in [1.82, 2.24) is 15.1 Å². The average Bonchev–Trinajstić information content (AvgIpc) is 2.88. The molecule has 0 radical (unpaired) electrons. The molecule has 116 valence electrons. The van der Waals surface area contributed by atoms with Gasteiger partial charge in [-0.25, -0.2) is 0 Å². The van der Waals surface area contributed by atoms with Crippen molar-refractivity contribution in [3.8, 4) is 0 Å². The SMILES string of the molecule is CCc1cc(C(=O)NC2(C(N)=NO)CCCCC2)n(C)n1. The molecule has 21 heavy (non-hydrogen) atoms. The number of aryl methyl sites for hydroxylation is 2. The van der Waals surface area contributed by atoms with E-state index < -0.39 is 5.54 Å². The lowest BCUT2D eigenvalue weighted by Crippen LogP contribution is -2.58. The summed E-state index contributed by atoms with van der Waals surface area (Å²) in [6, 6.07) is 1.78. The molecule has 1 heterocycles.